The summed E-state index contributed by atoms with van der Waals surface area (Å²) in [7, 11) is 0. The van der Waals surface area contributed by atoms with Crippen LogP contribution >= 0.6 is 0 Å². The van der Waals surface area contributed by atoms with E-state index in [0.29, 0.717) is 25.0 Å². The molecule has 0 unspecified atom stereocenters. The highest BCUT2D eigenvalue weighted by Gasteiger charge is 2.03. The van der Waals surface area contributed by atoms with Gasteiger partial charge in [0, 0.05) is 18.3 Å². The quantitative estimate of drug-likeness (QED) is 0.894. The van der Waals surface area contributed by atoms with Gasteiger partial charge >= 0.3 is 0 Å². The van der Waals surface area contributed by atoms with Gasteiger partial charge in [-0.15, -0.1) is 0 Å². The molecule has 1 heterocycles. The molecule has 2 aromatic rings. The van der Waals surface area contributed by atoms with Gasteiger partial charge in [0.05, 0.1) is 6.61 Å². The SMILES string of the molecule is CCOc1cc(C)nc(NCc2ccccc2C)n1. The fraction of sp³-hybridized carbons (Fsp3) is 0.333. The maximum Gasteiger partial charge on any atom is 0.226 e. The van der Waals surface area contributed by atoms with Gasteiger partial charge in [0.2, 0.25) is 11.8 Å². The Morgan fingerprint density at radius 3 is 2.68 bits per heavy atom. The van der Waals surface area contributed by atoms with Crippen LogP contribution in [0.5, 0.6) is 5.88 Å². The van der Waals surface area contributed by atoms with Gasteiger partial charge in [0.15, 0.2) is 0 Å². The molecular formula is C15H19N3O. The number of aryl methyl sites for hydroxylation is 2. The molecule has 0 saturated heterocycles. The van der Waals surface area contributed by atoms with Gasteiger partial charge in [0.25, 0.3) is 0 Å². The van der Waals surface area contributed by atoms with E-state index in [1.54, 1.807) is 0 Å². The van der Waals surface area contributed by atoms with Crippen LogP contribution in [0, 0.1) is 13.8 Å². The van der Waals surface area contributed by atoms with E-state index >= 15 is 0 Å². The molecule has 0 atom stereocenters. The fourth-order valence-electron chi connectivity index (χ4n) is 1.82. The van der Waals surface area contributed by atoms with Gasteiger partial charge in [-0.05, 0) is 31.9 Å². The molecule has 19 heavy (non-hydrogen) atoms. The molecule has 0 aliphatic rings. The Bertz CT molecular complexity index is 555. The zero-order valence-corrected chi connectivity index (χ0v) is 11.6. The Balaban J connectivity index is 2.09. The number of anilines is 1. The van der Waals surface area contributed by atoms with Crippen molar-refractivity contribution in [3.05, 3.63) is 47.2 Å². The lowest BCUT2D eigenvalue weighted by atomic mass is 10.1. The van der Waals surface area contributed by atoms with Crippen molar-refractivity contribution >= 4 is 5.95 Å². The van der Waals surface area contributed by atoms with Crippen molar-refractivity contribution in [2.75, 3.05) is 11.9 Å². The molecule has 4 nitrogen and oxygen atoms in total. The Hall–Kier alpha value is -2.10. The number of benzene rings is 1. The number of hydrogen-bond donors (Lipinski definition) is 1. The van der Waals surface area contributed by atoms with Gasteiger partial charge in [-0.25, -0.2) is 4.98 Å². The molecule has 0 amide bonds. The van der Waals surface area contributed by atoms with Crippen molar-refractivity contribution in [3.8, 4) is 5.88 Å². The van der Waals surface area contributed by atoms with E-state index in [1.807, 2.05) is 32.0 Å². The van der Waals surface area contributed by atoms with Crippen molar-refractivity contribution in [3.63, 3.8) is 0 Å². The molecule has 0 spiro atoms. The normalized spacial score (nSPS) is 10.3. The maximum absolute atomic E-state index is 5.41. The van der Waals surface area contributed by atoms with Crippen LogP contribution in [-0.4, -0.2) is 16.6 Å². The van der Waals surface area contributed by atoms with E-state index < -0.39 is 0 Å². The summed E-state index contributed by atoms with van der Waals surface area (Å²) in [5.41, 5.74) is 3.39. The summed E-state index contributed by atoms with van der Waals surface area (Å²) in [4.78, 5) is 8.68. The van der Waals surface area contributed by atoms with Gasteiger partial charge in [-0.3, -0.25) is 0 Å². The van der Waals surface area contributed by atoms with E-state index in [9.17, 15) is 0 Å². The molecule has 1 aromatic carbocycles. The maximum atomic E-state index is 5.41. The zero-order valence-electron chi connectivity index (χ0n) is 11.6. The summed E-state index contributed by atoms with van der Waals surface area (Å²) in [6.07, 6.45) is 0. The van der Waals surface area contributed by atoms with Gasteiger partial charge in [0.1, 0.15) is 0 Å². The zero-order chi connectivity index (χ0) is 13.7. The van der Waals surface area contributed by atoms with Crippen LogP contribution in [0.4, 0.5) is 5.95 Å². The average Bonchev–Trinajstić information content (AvgIpc) is 2.37. The summed E-state index contributed by atoms with van der Waals surface area (Å²) in [6, 6.07) is 10.1. The standard InChI is InChI=1S/C15H19N3O/c1-4-19-14-9-12(3)17-15(18-14)16-10-13-8-6-5-7-11(13)2/h5-9H,4,10H2,1-3H3,(H,16,17,18). The van der Waals surface area contributed by atoms with Crippen LogP contribution < -0.4 is 10.1 Å². The Labute approximate surface area is 113 Å². The summed E-state index contributed by atoms with van der Waals surface area (Å²) < 4.78 is 5.41. The monoisotopic (exact) mass is 257 g/mol. The molecule has 0 aliphatic carbocycles. The number of hydrogen-bond acceptors (Lipinski definition) is 4. The second-order valence-electron chi connectivity index (χ2n) is 4.38. The van der Waals surface area contributed by atoms with Crippen LogP contribution in [0.1, 0.15) is 23.7 Å². The minimum atomic E-state index is 0.603. The van der Waals surface area contributed by atoms with Crippen LogP contribution in [0.15, 0.2) is 30.3 Å². The molecule has 0 radical (unpaired) electrons. The number of ether oxygens (including phenoxy) is 1. The third-order valence-electron chi connectivity index (χ3n) is 2.82. The van der Waals surface area contributed by atoms with Crippen molar-refractivity contribution in [2.45, 2.75) is 27.3 Å². The Morgan fingerprint density at radius 2 is 1.95 bits per heavy atom. The first-order chi connectivity index (χ1) is 9.19. The third kappa shape index (κ3) is 3.68. The minimum absolute atomic E-state index is 0.603. The van der Waals surface area contributed by atoms with E-state index in [2.05, 4.69) is 34.3 Å². The van der Waals surface area contributed by atoms with Gasteiger partial charge in [-0.1, -0.05) is 24.3 Å². The molecule has 1 aromatic heterocycles. The molecular weight excluding hydrogens is 238 g/mol. The molecule has 1 N–H and O–H groups in total. The second-order valence-corrected chi connectivity index (χ2v) is 4.38. The van der Waals surface area contributed by atoms with E-state index in [4.69, 9.17) is 4.74 Å². The highest BCUT2D eigenvalue weighted by atomic mass is 16.5. The van der Waals surface area contributed by atoms with Crippen molar-refractivity contribution in [2.24, 2.45) is 0 Å². The number of nitrogens with zero attached hydrogens (tertiary/aromatic N) is 2. The first-order valence-corrected chi connectivity index (χ1v) is 6.46. The average molecular weight is 257 g/mol. The molecule has 100 valence electrons. The summed E-state index contributed by atoms with van der Waals surface area (Å²) in [6.45, 7) is 7.29. The summed E-state index contributed by atoms with van der Waals surface area (Å²) >= 11 is 0. The number of aromatic nitrogens is 2. The molecule has 0 saturated carbocycles. The lowest BCUT2D eigenvalue weighted by Gasteiger charge is -2.09. The largest absolute Gasteiger partial charge is 0.478 e. The van der Waals surface area contributed by atoms with Crippen molar-refractivity contribution in [1.29, 1.82) is 0 Å². The molecule has 4 heteroatoms. The smallest absolute Gasteiger partial charge is 0.226 e. The number of rotatable bonds is 5. The summed E-state index contributed by atoms with van der Waals surface area (Å²) in [5, 5.41) is 3.24. The van der Waals surface area contributed by atoms with Crippen LogP contribution in [-0.2, 0) is 6.54 Å². The van der Waals surface area contributed by atoms with Gasteiger partial charge < -0.3 is 10.1 Å². The topological polar surface area (TPSA) is 47.0 Å². The lowest BCUT2D eigenvalue weighted by Crippen LogP contribution is -2.07. The second kappa shape index (κ2) is 6.18. The third-order valence-corrected chi connectivity index (χ3v) is 2.82. The van der Waals surface area contributed by atoms with E-state index in [-0.39, 0.29) is 0 Å². The van der Waals surface area contributed by atoms with Crippen LogP contribution in [0.2, 0.25) is 0 Å². The first-order valence-electron chi connectivity index (χ1n) is 6.46. The minimum Gasteiger partial charge on any atom is -0.478 e. The van der Waals surface area contributed by atoms with Crippen molar-refractivity contribution in [1.82, 2.24) is 9.97 Å². The van der Waals surface area contributed by atoms with Gasteiger partial charge in [-0.2, -0.15) is 4.98 Å². The van der Waals surface area contributed by atoms with Crippen LogP contribution in [0.3, 0.4) is 0 Å². The Kier molecular flexibility index (Phi) is 4.34. The molecule has 2 rings (SSSR count). The van der Waals surface area contributed by atoms with E-state index in [0.717, 1.165) is 5.69 Å². The summed E-state index contributed by atoms with van der Waals surface area (Å²) in [5.74, 6) is 1.22. The highest BCUT2D eigenvalue weighted by Crippen LogP contribution is 2.14. The van der Waals surface area contributed by atoms with Crippen LogP contribution in [0.25, 0.3) is 0 Å². The lowest BCUT2D eigenvalue weighted by molar-refractivity contribution is 0.326. The molecule has 0 fully saturated rings. The predicted molar refractivity (Wildman–Crippen MR) is 76.4 cm³/mol. The predicted octanol–water partition coefficient (Wildman–Crippen LogP) is 3.10. The fourth-order valence-corrected chi connectivity index (χ4v) is 1.82. The number of nitrogens with one attached hydrogen (secondary N) is 1. The van der Waals surface area contributed by atoms with Crippen molar-refractivity contribution < 1.29 is 4.74 Å². The molecule has 0 aliphatic heterocycles. The highest BCUT2D eigenvalue weighted by molar-refractivity contribution is 5.34. The first kappa shape index (κ1) is 13.3. The Morgan fingerprint density at radius 1 is 1.16 bits per heavy atom. The molecule has 0 bridgehead atoms. The van der Waals surface area contributed by atoms with E-state index in [1.165, 1.54) is 11.1 Å².